The van der Waals surface area contributed by atoms with Crippen molar-refractivity contribution in [3.63, 3.8) is 0 Å². The maximum atomic E-state index is 12.3. The first kappa shape index (κ1) is 13.8. The zero-order chi connectivity index (χ0) is 14.8. The van der Waals surface area contributed by atoms with Crippen molar-refractivity contribution >= 4 is 21.7 Å². The molecular weight excluding hydrogens is 328 g/mol. The zero-order valence-corrected chi connectivity index (χ0v) is 13.9. The van der Waals surface area contributed by atoms with Gasteiger partial charge in [0.05, 0.1) is 4.47 Å². The van der Waals surface area contributed by atoms with E-state index in [9.17, 15) is 9.90 Å². The first-order chi connectivity index (χ1) is 10.0. The molecule has 3 heteroatoms. The normalized spacial score (nSPS) is 37.8. The number of rotatable bonds is 0. The van der Waals surface area contributed by atoms with Crippen LogP contribution in [-0.2, 0) is 11.2 Å². The summed E-state index contributed by atoms with van der Waals surface area (Å²) in [6, 6.07) is 3.94. The van der Waals surface area contributed by atoms with Crippen molar-refractivity contribution in [1.29, 1.82) is 0 Å². The molecule has 2 nitrogen and oxygen atoms in total. The van der Waals surface area contributed by atoms with Gasteiger partial charge in [-0.15, -0.1) is 0 Å². The molecule has 4 atom stereocenters. The molecule has 0 heterocycles. The van der Waals surface area contributed by atoms with Crippen LogP contribution in [0.15, 0.2) is 16.6 Å². The van der Waals surface area contributed by atoms with E-state index in [1.807, 2.05) is 6.07 Å². The SMILES string of the molecule is CC12CCC3c4ccc(O)c(Br)c4CCC3C1CCC2=O. The number of carbonyl (C=O) groups excluding carboxylic acids is 1. The Morgan fingerprint density at radius 1 is 1.24 bits per heavy atom. The van der Waals surface area contributed by atoms with Crippen LogP contribution in [0.1, 0.15) is 56.1 Å². The van der Waals surface area contributed by atoms with Crippen LogP contribution in [-0.4, -0.2) is 10.9 Å². The molecule has 0 amide bonds. The zero-order valence-electron chi connectivity index (χ0n) is 12.4. The van der Waals surface area contributed by atoms with E-state index in [0.29, 0.717) is 29.3 Å². The largest absolute Gasteiger partial charge is 0.507 e. The number of carbonyl (C=O) groups is 1. The topological polar surface area (TPSA) is 37.3 Å². The van der Waals surface area contributed by atoms with E-state index in [2.05, 4.69) is 28.9 Å². The molecule has 3 aliphatic rings. The van der Waals surface area contributed by atoms with Crippen molar-refractivity contribution in [2.24, 2.45) is 17.3 Å². The van der Waals surface area contributed by atoms with Gasteiger partial charge in [-0.3, -0.25) is 4.79 Å². The number of hydrogen-bond acceptors (Lipinski definition) is 2. The first-order valence-corrected chi connectivity index (χ1v) is 8.85. The van der Waals surface area contributed by atoms with Crippen LogP contribution in [0.3, 0.4) is 0 Å². The van der Waals surface area contributed by atoms with Gasteiger partial charge in [0.25, 0.3) is 0 Å². The van der Waals surface area contributed by atoms with Gasteiger partial charge < -0.3 is 5.11 Å². The maximum absolute atomic E-state index is 12.3. The molecule has 1 N–H and O–H groups in total. The number of phenols is 1. The summed E-state index contributed by atoms with van der Waals surface area (Å²) in [6.07, 6.45) is 6.21. The van der Waals surface area contributed by atoms with Gasteiger partial charge in [-0.25, -0.2) is 0 Å². The average molecular weight is 349 g/mol. The lowest BCUT2D eigenvalue weighted by molar-refractivity contribution is -0.129. The highest BCUT2D eigenvalue weighted by Gasteiger charge is 2.54. The second kappa shape index (κ2) is 4.58. The third-order valence-corrected chi connectivity index (χ3v) is 7.42. The molecule has 0 aromatic heterocycles. The molecule has 2 saturated carbocycles. The van der Waals surface area contributed by atoms with Crippen LogP contribution in [0.25, 0.3) is 0 Å². The van der Waals surface area contributed by atoms with Crippen molar-refractivity contribution < 1.29 is 9.90 Å². The molecule has 0 bridgehead atoms. The van der Waals surface area contributed by atoms with E-state index in [1.54, 1.807) is 0 Å². The fourth-order valence-corrected chi connectivity index (χ4v) is 5.94. The predicted molar refractivity (Wildman–Crippen MR) is 85.4 cm³/mol. The van der Waals surface area contributed by atoms with Crippen LogP contribution in [0.5, 0.6) is 5.75 Å². The number of phenolic OH excluding ortho intramolecular Hbond substituents is 1. The second-order valence-electron chi connectivity index (χ2n) is 7.30. The van der Waals surface area contributed by atoms with Gasteiger partial charge in [-0.1, -0.05) is 13.0 Å². The highest BCUT2D eigenvalue weighted by atomic mass is 79.9. The molecule has 0 spiro atoms. The van der Waals surface area contributed by atoms with Crippen LogP contribution >= 0.6 is 15.9 Å². The lowest BCUT2D eigenvalue weighted by Crippen LogP contribution is -2.42. The molecule has 0 saturated heterocycles. The number of halogens is 1. The molecule has 4 unspecified atom stereocenters. The molecule has 21 heavy (non-hydrogen) atoms. The smallest absolute Gasteiger partial charge is 0.139 e. The van der Waals surface area contributed by atoms with Gasteiger partial charge in [-0.05, 0) is 83.0 Å². The number of ketones is 1. The quantitative estimate of drug-likeness (QED) is 0.744. The summed E-state index contributed by atoms with van der Waals surface area (Å²) in [5, 5.41) is 9.91. The highest BCUT2D eigenvalue weighted by molar-refractivity contribution is 9.10. The Labute approximate surface area is 134 Å². The summed E-state index contributed by atoms with van der Waals surface area (Å²) in [5.74, 6) is 2.66. The molecule has 3 aliphatic carbocycles. The minimum atomic E-state index is -0.0488. The summed E-state index contributed by atoms with van der Waals surface area (Å²) in [7, 11) is 0. The minimum absolute atomic E-state index is 0.0488. The number of benzene rings is 1. The van der Waals surface area contributed by atoms with Gasteiger partial charge in [0, 0.05) is 11.8 Å². The van der Waals surface area contributed by atoms with E-state index in [4.69, 9.17) is 0 Å². The third-order valence-electron chi connectivity index (χ3n) is 6.53. The Morgan fingerprint density at radius 2 is 2.05 bits per heavy atom. The Balaban J connectivity index is 1.75. The lowest BCUT2D eigenvalue weighted by Gasteiger charge is -2.48. The van der Waals surface area contributed by atoms with Gasteiger partial charge in [0.15, 0.2) is 0 Å². The van der Waals surface area contributed by atoms with Crippen molar-refractivity contribution in [3.8, 4) is 5.75 Å². The lowest BCUT2D eigenvalue weighted by atomic mass is 9.55. The molecule has 1 aromatic rings. The Morgan fingerprint density at radius 3 is 2.86 bits per heavy atom. The van der Waals surface area contributed by atoms with Gasteiger partial charge in [-0.2, -0.15) is 0 Å². The summed E-state index contributed by atoms with van der Waals surface area (Å²) in [5.41, 5.74) is 2.66. The summed E-state index contributed by atoms with van der Waals surface area (Å²) in [6.45, 7) is 2.21. The Bertz CT molecular complexity index is 624. The second-order valence-corrected chi connectivity index (χ2v) is 8.09. The fraction of sp³-hybridized carbons (Fsp3) is 0.611. The van der Waals surface area contributed by atoms with Crippen LogP contribution in [0.4, 0.5) is 0 Å². The minimum Gasteiger partial charge on any atom is -0.507 e. The summed E-state index contributed by atoms with van der Waals surface area (Å²) in [4.78, 5) is 12.3. The molecule has 4 rings (SSSR count). The highest BCUT2D eigenvalue weighted by Crippen LogP contribution is 2.60. The predicted octanol–water partition coefficient (Wildman–Crippen LogP) is 4.58. The van der Waals surface area contributed by atoms with E-state index >= 15 is 0 Å². The standard InChI is InChI=1S/C18H21BrO2/c1-18-9-8-11-10-4-6-15(20)17(19)13(10)3-2-12(11)14(18)5-7-16(18)21/h4,6,11-12,14,20H,2-3,5,7-9H2,1H3. The number of aromatic hydroxyl groups is 1. The van der Waals surface area contributed by atoms with Gasteiger partial charge in [0.2, 0.25) is 0 Å². The van der Waals surface area contributed by atoms with Crippen LogP contribution in [0.2, 0.25) is 0 Å². The Hall–Kier alpha value is -0.830. The van der Waals surface area contributed by atoms with Crippen LogP contribution in [0, 0.1) is 17.3 Å². The van der Waals surface area contributed by atoms with E-state index in [0.717, 1.165) is 43.0 Å². The van der Waals surface area contributed by atoms with Crippen LogP contribution < -0.4 is 0 Å². The van der Waals surface area contributed by atoms with E-state index in [-0.39, 0.29) is 5.41 Å². The summed E-state index contributed by atoms with van der Waals surface area (Å²) >= 11 is 3.55. The van der Waals surface area contributed by atoms with Gasteiger partial charge >= 0.3 is 0 Å². The molecule has 1 aromatic carbocycles. The summed E-state index contributed by atoms with van der Waals surface area (Å²) < 4.78 is 0.884. The van der Waals surface area contributed by atoms with E-state index < -0.39 is 0 Å². The molecule has 112 valence electrons. The van der Waals surface area contributed by atoms with Crippen molar-refractivity contribution in [3.05, 3.63) is 27.7 Å². The number of hydrogen-bond donors (Lipinski definition) is 1. The molecule has 0 radical (unpaired) electrons. The fourth-order valence-electron chi connectivity index (χ4n) is 5.38. The number of fused-ring (bicyclic) bond motifs is 5. The average Bonchev–Trinajstić information content (AvgIpc) is 2.78. The van der Waals surface area contributed by atoms with E-state index in [1.165, 1.54) is 11.1 Å². The maximum Gasteiger partial charge on any atom is 0.139 e. The third kappa shape index (κ3) is 1.79. The van der Waals surface area contributed by atoms with Crippen molar-refractivity contribution in [2.75, 3.05) is 0 Å². The molecule has 2 fully saturated rings. The van der Waals surface area contributed by atoms with Gasteiger partial charge in [0.1, 0.15) is 11.5 Å². The molecule has 0 aliphatic heterocycles. The Kier molecular flexibility index (Phi) is 3.01. The van der Waals surface area contributed by atoms with Crippen molar-refractivity contribution in [1.82, 2.24) is 0 Å². The first-order valence-electron chi connectivity index (χ1n) is 8.06. The van der Waals surface area contributed by atoms with Crippen molar-refractivity contribution in [2.45, 2.75) is 51.4 Å². The molecular formula is C18H21BrO2. The number of Topliss-reactive ketones (excluding diaryl/α,β-unsaturated/α-hetero) is 1. The monoisotopic (exact) mass is 348 g/mol.